The maximum Gasteiger partial charge on any atom is 0.157 e. The Hall–Kier alpha value is -1.62. The average Bonchev–Trinajstić information content (AvgIpc) is 2.98. The molecule has 0 amide bonds. The summed E-state index contributed by atoms with van der Waals surface area (Å²) in [6, 6.07) is 0.486. The highest BCUT2D eigenvalue weighted by molar-refractivity contribution is 5.91. The van der Waals surface area contributed by atoms with Crippen molar-refractivity contribution in [2.75, 3.05) is 18.5 Å². The van der Waals surface area contributed by atoms with Gasteiger partial charge in [-0.05, 0) is 31.2 Å². The van der Waals surface area contributed by atoms with Crippen LogP contribution < -0.4 is 5.32 Å². The summed E-state index contributed by atoms with van der Waals surface area (Å²) in [4.78, 5) is 4.74. The number of rotatable bonds is 5. The first-order valence-electron chi connectivity index (χ1n) is 8.02. The van der Waals surface area contributed by atoms with E-state index in [1.54, 1.807) is 0 Å². The van der Waals surface area contributed by atoms with Crippen LogP contribution in [0.25, 0.3) is 11.0 Å². The number of fused-ring (bicyclic) bond motifs is 1. The lowest BCUT2D eigenvalue weighted by molar-refractivity contribution is 0.0904. The van der Waals surface area contributed by atoms with Crippen molar-refractivity contribution in [2.24, 2.45) is 0 Å². The van der Waals surface area contributed by atoms with Gasteiger partial charge in [0.05, 0.1) is 17.3 Å². The zero-order valence-corrected chi connectivity index (χ0v) is 12.9. The van der Waals surface area contributed by atoms with Gasteiger partial charge in [-0.3, -0.25) is 5.10 Å². The van der Waals surface area contributed by atoms with Gasteiger partial charge in [0, 0.05) is 24.9 Å². The molecule has 0 aromatic carbocycles. The third-order valence-corrected chi connectivity index (χ3v) is 4.19. The van der Waals surface area contributed by atoms with Crippen LogP contribution in [0.2, 0.25) is 0 Å². The Morgan fingerprint density at radius 3 is 2.86 bits per heavy atom. The van der Waals surface area contributed by atoms with Crippen LogP contribution in [0.1, 0.15) is 44.4 Å². The van der Waals surface area contributed by atoms with Crippen LogP contribution in [0, 0.1) is 0 Å². The van der Waals surface area contributed by atoms with Gasteiger partial charge in [-0.1, -0.05) is 20.3 Å². The number of H-pyrrole nitrogens is 1. The second-order valence-corrected chi connectivity index (χ2v) is 5.68. The molecule has 0 bridgehead atoms. The number of nitrogens with zero attached hydrogens (tertiary/aromatic N) is 2. The fraction of sp³-hybridized carbons (Fsp3) is 0.625. The number of aryl methyl sites for hydroxylation is 1. The van der Waals surface area contributed by atoms with Crippen LogP contribution in [-0.4, -0.2) is 34.4 Å². The van der Waals surface area contributed by atoms with E-state index < -0.39 is 0 Å². The number of hydrogen-bond acceptors (Lipinski definition) is 4. The first-order valence-corrected chi connectivity index (χ1v) is 8.02. The first-order chi connectivity index (χ1) is 10.3. The van der Waals surface area contributed by atoms with Gasteiger partial charge in [0.1, 0.15) is 0 Å². The zero-order valence-electron chi connectivity index (χ0n) is 12.9. The van der Waals surface area contributed by atoms with Gasteiger partial charge in [0.2, 0.25) is 0 Å². The minimum atomic E-state index is 0.486. The lowest BCUT2D eigenvalue weighted by Gasteiger charge is -2.26. The summed E-state index contributed by atoms with van der Waals surface area (Å²) in [6.07, 6.45) is 7.15. The molecule has 2 aromatic heterocycles. The minimum Gasteiger partial charge on any atom is -0.381 e. The summed E-state index contributed by atoms with van der Waals surface area (Å²) in [5.41, 5.74) is 4.67. The molecule has 0 radical (unpaired) electrons. The van der Waals surface area contributed by atoms with Crippen LogP contribution in [-0.2, 0) is 17.6 Å². The summed E-state index contributed by atoms with van der Waals surface area (Å²) in [6.45, 7) is 6.08. The van der Waals surface area contributed by atoms with Crippen molar-refractivity contribution in [3.05, 3.63) is 17.5 Å². The van der Waals surface area contributed by atoms with Crippen molar-refractivity contribution < 1.29 is 4.74 Å². The van der Waals surface area contributed by atoms with Crippen molar-refractivity contribution in [1.29, 1.82) is 0 Å². The zero-order chi connectivity index (χ0) is 14.7. The number of pyridine rings is 1. The molecule has 5 nitrogen and oxygen atoms in total. The summed E-state index contributed by atoms with van der Waals surface area (Å²) in [5.74, 6) is 0. The van der Waals surface area contributed by atoms with Gasteiger partial charge in [-0.2, -0.15) is 5.10 Å². The molecule has 0 saturated carbocycles. The predicted octanol–water partition coefficient (Wildman–Crippen LogP) is 3.06. The van der Waals surface area contributed by atoms with Crippen LogP contribution >= 0.6 is 0 Å². The first kappa shape index (κ1) is 14.3. The fourth-order valence-electron chi connectivity index (χ4n) is 3.08. The molecule has 1 aliphatic rings. The molecule has 0 spiro atoms. The highest BCUT2D eigenvalue weighted by Gasteiger charge is 2.19. The average molecular weight is 288 g/mol. The quantitative estimate of drug-likeness (QED) is 0.887. The smallest absolute Gasteiger partial charge is 0.157 e. The van der Waals surface area contributed by atoms with E-state index in [0.29, 0.717) is 6.04 Å². The molecule has 5 heteroatoms. The lowest BCUT2D eigenvalue weighted by Crippen LogP contribution is -2.28. The maximum atomic E-state index is 5.46. The largest absolute Gasteiger partial charge is 0.381 e. The van der Waals surface area contributed by atoms with Crippen LogP contribution in [0.4, 0.5) is 5.69 Å². The molecular formula is C16H24N4O. The molecule has 1 fully saturated rings. The van der Waals surface area contributed by atoms with Crippen molar-refractivity contribution >= 4 is 16.7 Å². The van der Waals surface area contributed by atoms with Crippen LogP contribution in [0.3, 0.4) is 0 Å². The Labute approximate surface area is 125 Å². The Morgan fingerprint density at radius 1 is 1.33 bits per heavy atom. The Morgan fingerprint density at radius 2 is 2.14 bits per heavy atom. The Kier molecular flexibility index (Phi) is 4.39. The standard InChI is InChI=1S/C16H24N4O/c1-3-5-12-14(4-2)19-16-13(10-17-20-16)15(12)18-11-6-8-21-9-7-11/h10-11H,3-9H2,1-2H3,(H2,17,18,19,20). The highest BCUT2D eigenvalue weighted by Crippen LogP contribution is 2.30. The minimum absolute atomic E-state index is 0.486. The number of ether oxygens (including phenoxy) is 1. The Bertz CT molecular complexity index is 602. The van der Waals surface area contributed by atoms with Crippen molar-refractivity contribution in [2.45, 2.75) is 52.0 Å². The van der Waals surface area contributed by atoms with Crippen molar-refractivity contribution in [3.8, 4) is 0 Å². The van der Waals surface area contributed by atoms with E-state index in [0.717, 1.165) is 56.4 Å². The van der Waals surface area contributed by atoms with Crippen LogP contribution in [0.15, 0.2) is 6.20 Å². The number of hydrogen-bond donors (Lipinski definition) is 2. The lowest BCUT2D eigenvalue weighted by atomic mass is 10.0. The molecule has 0 unspecified atom stereocenters. The van der Waals surface area contributed by atoms with E-state index in [2.05, 4.69) is 29.4 Å². The van der Waals surface area contributed by atoms with E-state index in [4.69, 9.17) is 9.72 Å². The summed E-state index contributed by atoms with van der Waals surface area (Å²) < 4.78 is 5.46. The number of nitrogens with one attached hydrogen (secondary N) is 2. The highest BCUT2D eigenvalue weighted by atomic mass is 16.5. The second kappa shape index (κ2) is 6.43. The summed E-state index contributed by atoms with van der Waals surface area (Å²) in [5, 5.41) is 12.1. The van der Waals surface area contributed by atoms with E-state index in [1.807, 2.05) is 6.20 Å². The van der Waals surface area contributed by atoms with E-state index in [9.17, 15) is 0 Å². The molecule has 2 aromatic rings. The maximum absolute atomic E-state index is 5.46. The van der Waals surface area contributed by atoms with E-state index >= 15 is 0 Å². The molecule has 0 aliphatic carbocycles. The number of anilines is 1. The molecule has 114 valence electrons. The van der Waals surface area contributed by atoms with Gasteiger partial charge in [-0.15, -0.1) is 0 Å². The molecule has 3 rings (SSSR count). The van der Waals surface area contributed by atoms with E-state index in [1.165, 1.54) is 16.9 Å². The van der Waals surface area contributed by atoms with Gasteiger partial charge in [0.25, 0.3) is 0 Å². The molecule has 1 saturated heterocycles. The molecule has 3 heterocycles. The number of aromatic nitrogens is 3. The van der Waals surface area contributed by atoms with Gasteiger partial charge in [-0.25, -0.2) is 4.98 Å². The molecule has 0 atom stereocenters. The Balaban J connectivity index is 2.03. The summed E-state index contributed by atoms with van der Waals surface area (Å²) in [7, 11) is 0. The molecule has 1 aliphatic heterocycles. The predicted molar refractivity (Wildman–Crippen MR) is 84.7 cm³/mol. The SMILES string of the molecule is CCCc1c(CC)nc2[nH]ncc2c1NC1CCOCC1. The van der Waals surface area contributed by atoms with Crippen LogP contribution in [0.5, 0.6) is 0 Å². The van der Waals surface area contributed by atoms with Gasteiger partial charge >= 0.3 is 0 Å². The molecular weight excluding hydrogens is 264 g/mol. The second-order valence-electron chi connectivity index (χ2n) is 5.68. The van der Waals surface area contributed by atoms with Gasteiger partial charge < -0.3 is 10.1 Å². The third kappa shape index (κ3) is 2.88. The van der Waals surface area contributed by atoms with Gasteiger partial charge in [0.15, 0.2) is 5.65 Å². The third-order valence-electron chi connectivity index (χ3n) is 4.19. The molecule has 2 N–H and O–H groups in total. The molecule has 21 heavy (non-hydrogen) atoms. The van der Waals surface area contributed by atoms with Crippen molar-refractivity contribution in [1.82, 2.24) is 15.2 Å². The van der Waals surface area contributed by atoms with Crippen molar-refractivity contribution in [3.63, 3.8) is 0 Å². The van der Waals surface area contributed by atoms with E-state index in [-0.39, 0.29) is 0 Å². The normalized spacial score (nSPS) is 16.5. The fourth-order valence-corrected chi connectivity index (χ4v) is 3.08. The summed E-state index contributed by atoms with van der Waals surface area (Å²) >= 11 is 0. The number of aromatic amines is 1. The topological polar surface area (TPSA) is 62.8 Å². The monoisotopic (exact) mass is 288 g/mol.